The van der Waals surface area contributed by atoms with E-state index < -0.39 is 10.7 Å². The molecule has 1 aromatic rings. The van der Waals surface area contributed by atoms with Crippen LogP contribution in [0.3, 0.4) is 0 Å². The third-order valence-electron chi connectivity index (χ3n) is 2.82. The number of benzene rings is 1. The molecule has 1 aromatic carbocycles. The van der Waals surface area contributed by atoms with Crippen molar-refractivity contribution in [3.63, 3.8) is 0 Å². The minimum atomic E-state index is -0.623. The molecule has 0 bridgehead atoms. The van der Waals surface area contributed by atoms with E-state index in [1.165, 1.54) is 6.07 Å². The fourth-order valence-corrected chi connectivity index (χ4v) is 1.78. The molecule has 0 spiro atoms. The number of hydroxylamine groups is 2. The number of phenols is 1. The van der Waals surface area contributed by atoms with E-state index in [9.17, 15) is 25.2 Å². The van der Waals surface area contributed by atoms with Crippen LogP contribution < -0.4 is 0 Å². The van der Waals surface area contributed by atoms with Crippen molar-refractivity contribution < 1.29 is 20.0 Å². The summed E-state index contributed by atoms with van der Waals surface area (Å²) in [5.41, 5.74) is 0.202. The number of nitro groups is 1. The molecule has 1 aliphatic carbocycles. The molecule has 0 heterocycles. The topological polar surface area (TPSA) is 104 Å². The van der Waals surface area contributed by atoms with Crippen LogP contribution in [-0.4, -0.2) is 26.1 Å². The molecular weight excluding hydrogens is 276 g/mol. The van der Waals surface area contributed by atoms with Crippen LogP contribution in [0.25, 0.3) is 0 Å². The molecule has 0 radical (unpaired) electrons. The summed E-state index contributed by atoms with van der Waals surface area (Å²) in [5.74, 6) is -0.441. The second kappa shape index (κ2) is 6.02. The maximum absolute atomic E-state index is 11.6. The van der Waals surface area contributed by atoms with Crippen molar-refractivity contribution in [2.24, 2.45) is 0 Å². The number of aromatic hydroxyl groups is 1. The molecule has 0 aliphatic heterocycles. The van der Waals surface area contributed by atoms with Crippen molar-refractivity contribution in [1.82, 2.24) is 5.06 Å². The average Bonchev–Trinajstić information content (AvgIpc) is 2.43. The highest BCUT2D eigenvalue weighted by atomic mass is 16.6. The van der Waals surface area contributed by atoms with Gasteiger partial charge in [-0.2, -0.15) is 0 Å². The van der Waals surface area contributed by atoms with E-state index in [1.807, 2.05) is 0 Å². The number of carbonyl (C=O) groups excluding carboxylic acids is 1. The number of para-hydroxylation sites is 1. The number of carbonyl (C=O) groups is 1. The molecule has 108 valence electrons. The van der Waals surface area contributed by atoms with E-state index in [0.29, 0.717) is 10.6 Å². The lowest BCUT2D eigenvalue weighted by atomic mass is 10.1. The van der Waals surface area contributed by atoms with Gasteiger partial charge in [-0.05, 0) is 12.1 Å². The van der Waals surface area contributed by atoms with E-state index in [-0.39, 0.29) is 23.6 Å². The third-order valence-corrected chi connectivity index (χ3v) is 2.82. The smallest absolute Gasteiger partial charge is 0.270 e. The van der Waals surface area contributed by atoms with Gasteiger partial charge in [-0.15, -0.1) is 0 Å². The molecule has 0 fully saturated rings. The molecule has 0 amide bonds. The molecule has 7 nitrogen and oxygen atoms in total. The summed E-state index contributed by atoms with van der Waals surface area (Å²) in [7, 11) is 0. The summed E-state index contributed by atoms with van der Waals surface area (Å²) < 4.78 is 0. The first-order valence-electron chi connectivity index (χ1n) is 6.00. The summed E-state index contributed by atoms with van der Waals surface area (Å²) in [5, 5.41) is 30.7. The highest BCUT2D eigenvalue weighted by molar-refractivity contribution is 6.07. The number of hydrogen-bond donors (Lipinski definition) is 2. The largest absolute Gasteiger partial charge is 0.508 e. The van der Waals surface area contributed by atoms with E-state index in [1.54, 1.807) is 18.2 Å². The van der Waals surface area contributed by atoms with Crippen LogP contribution in [0.2, 0.25) is 0 Å². The Bertz CT molecular complexity index is 676. The Labute approximate surface area is 119 Å². The lowest BCUT2D eigenvalue weighted by molar-refractivity contribution is -0.419. The Morgan fingerprint density at radius 2 is 2.00 bits per heavy atom. The lowest BCUT2D eigenvalue weighted by Gasteiger charge is -2.14. The van der Waals surface area contributed by atoms with E-state index in [4.69, 9.17) is 0 Å². The maximum atomic E-state index is 11.6. The average molecular weight is 288 g/mol. The first kappa shape index (κ1) is 14.5. The van der Waals surface area contributed by atoms with Crippen LogP contribution in [0.5, 0.6) is 5.75 Å². The normalized spacial score (nSPS) is 16.0. The summed E-state index contributed by atoms with van der Waals surface area (Å²) >= 11 is 0. The molecule has 2 N–H and O–H groups in total. The van der Waals surface area contributed by atoms with E-state index in [2.05, 4.69) is 0 Å². The number of phenolic OH excluding ortho intramolecular Hbond substituents is 1. The molecule has 0 unspecified atom stereocenters. The van der Waals surface area contributed by atoms with Gasteiger partial charge in [0, 0.05) is 29.5 Å². The molecule has 0 aromatic heterocycles. The van der Waals surface area contributed by atoms with Gasteiger partial charge in [0.1, 0.15) is 5.75 Å². The molecule has 21 heavy (non-hydrogen) atoms. The predicted molar refractivity (Wildman–Crippen MR) is 72.7 cm³/mol. The zero-order chi connectivity index (χ0) is 15.4. The van der Waals surface area contributed by atoms with Crippen LogP contribution in [0.15, 0.2) is 60.0 Å². The Morgan fingerprint density at radius 3 is 2.67 bits per heavy atom. The molecule has 0 saturated heterocycles. The second-order valence-electron chi connectivity index (χ2n) is 4.33. The van der Waals surface area contributed by atoms with Crippen molar-refractivity contribution in [3.8, 4) is 5.75 Å². The van der Waals surface area contributed by atoms with Gasteiger partial charge >= 0.3 is 0 Å². The first-order chi connectivity index (χ1) is 9.97. The zero-order valence-electron chi connectivity index (χ0n) is 10.8. The number of nitrogens with zero attached hydrogens (tertiary/aromatic N) is 2. The highest BCUT2D eigenvalue weighted by Crippen LogP contribution is 2.19. The van der Waals surface area contributed by atoms with Crippen molar-refractivity contribution >= 4 is 5.78 Å². The molecule has 7 heteroatoms. The lowest BCUT2D eigenvalue weighted by Crippen LogP contribution is -2.15. The van der Waals surface area contributed by atoms with Gasteiger partial charge in [-0.3, -0.25) is 25.2 Å². The standard InChI is InChI=1S/C14H12N2O5/c17-13-4-2-1-3-10(13)8-15(19)9-11-7-12(16(20)21)5-6-14(11)18/h1-7,9,17,19H,8H2/b11-9-. The molecule has 0 atom stereocenters. The molecule has 2 rings (SSSR count). The van der Waals surface area contributed by atoms with E-state index >= 15 is 0 Å². The summed E-state index contributed by atoms with van der Waals surface area (Å²) in [6.07, 6.45) is 4.33. The van der Waals surface area contributed by atoms with E-state index in [0.717, 1.165) is 24.4 Å². The Balaban J connectivity index is 2.18. The SMILES string of the molecule is O=C1C=CC([N+](=O)[O-])=C/C1=C/N(O)Cc1ccccc1O. The summed E-state index contributed by atoms with van der Waals surface area (Å²) in [6, 6.07) is 6.41. The Morgan fingerprint density at radius 1 is 1.29 bits per heavy atom. The minimum absolute atomic E-state index is 0.00587. The van der Waals surface area contributed by atoms with Crippen molar-refractivity contribution in [3.05, 3.63) is 75.6 Å². The number of ketones is 1. The van der Waals surface area contributed by atoms with Crippen molar-refractivity contribution in [2.45, 2.75) is 6.54 Å². The van der Waals surface area contributed by atoms with Gasteiger partial charge in [0.2, 0.25) is 0 Å². The number of rotatable bonds is 4. The summed E-state index contributed by atoms with van der Waals surface area (Å²) in [6.45, 7) is -0.0607. The van der Waals surface area contributed by atoms with Crippen LogP contribution in [0, 0.1) is 10.1 Å². The number of hydrogen-bond acceptors (Lipinski definition) is 6. The Kier molecular flexibility index (Phi) is 4.15. The zero-order valence-corrected chi connectivity index (χ0v) is 10.8. The van der Waals surface area contributed by atoms with Crippen LogP contribution in [-0.2, 0) is 11.3 Å². The Hall–Kier alpha value is -2.93. The van der Waals surface area contributed by atoms with Gasteiger partial charge in [0.25, 0.3) is 5.70 Å². The minimum Gasteiger partial charge on any atom is -0.508 e. The first-order valence-corrected chi connectivity index (χ1v) is 6.00. The van der Waals surface area contributed by atoms with Gasteiger partial charge in [-0.25, -0.2) is 0 Å². The highest BCUT2D eigenvalue weighted by Gasteiger charge is 2.18. The van der Waals surface area contributed by atoms with Gasteiger partial charge in [0.05, 0.1) is 11.5 Å². The van der Waals surface area contributed by atoms with Crippen molar-refractivity contribution in [2.75, 3.05) is 0 Å². The second-order valence-corrected chi connectivity index (χ2v) is 4.33. The molecule has 1 aliphatic rings. The van der Waals surface area contributed by atoms with Crippen LogP contribution in [0.4, 0.5) is 0 Å². The monoisotopic (exact) mass is 288 g/mol. The summed E-state index contributed by atoms with van der Waals surface area (Å²) in [4.78, 5) is 21.7. The van der Waals surface area contributed by atoms with Crippen LogP contribution in [0.1, 0.15) is 5.56 Å². The quantitative estimate of drug-likeness (QED) is 0.497. The molecular formula is C14H12N2O5. The fraction of sp³-hybridized carbons (Fsp3) is 0.0714. The van der Waals surface area contributed by atoms with Crippen LogP contribution >= 0.6 is 0 Å². The van der Waals surface area contributed by atoms with Gasteiger partial charge < -0.3 is 5.11 Å². The maximum Gasteiger partial charge on any atom is 0.270 e. The van der Waals surface area contributed by atoms with Gasteiger partial charge in [-0.1, -0.05) is 18.2 Å². The number of allylic oxidation sites excluding steroid dienone is 4. The fourth-order valence-electron chi connectivity index (χ4n) is 1.78. The van der Waals surface area contributed by atoms with Gasteiger partial charge in [0.15, 0.2) is 5.78 Å². The van der Waals surface area contributed by atoms with Crippen molar-refractivity contribution in [1.29, 1.82) is 0 Å². The predicted octanol–water partition coefficient (Wildman–Crippen LogP) is 1.77. The molecule has 0 saturated carbocycles. The third kappa shape index (κ3) is 3.54.